The Morgan fingerprint density at radius 2 is 2.00 bits per heavy atom. The number of halogens is 4. The molecule has 5 heterocycles. The zero-order valence-electron chi connectivity index (χ0n) is 23.2. The monoisotopic (exact) mass is 705 g/mol. The van der Waals surface area contributed by atoms with Crippen LogP contribution in [0.2, 0.25) is 5.02 Å². The number of ether oxygens (including phenoxy) is 1. The second-order valence-corrected chi connectivity index (χ2v) is 13.6. The number of hydrogen-bond donors (Lipinski definition) is 2. The molecule has 4 aliphatic heterocycles. The second-order valence-electron chi connectivity index (χ2n) is 12.1. The Balaban J connectivity index is 1.38. The van der Waals surface area contributed by atoms with Crippen molar-refractivity contribution in [1.29, 1.82) is 5.26 Å². The van der Waals surface area contributed by atoms with Crippen LogP contribution in [0.15, 0.2) is 12.1 Å². The zero-order chi connectivity index (χ0) is 29.3. The van der Waals surface area contributed by atoms with E-state index in [1.165, 1.54) is 0 Å². The van der Waals surface area contributed by atoms with E-state index in [0.29, 0.717) is 45.4 Å². The van der Waals surface area contributed by atoms with Gasteiger partial charge in [0.25, 0.3) is 0 Å². The van der Waals surface area contributed by atoms with Crippen LogP contribution in [0.25, 0.3) is 22.0 Å². The Morgan fingerprint density at radius 3 is 2.74 bits per heavy atom. The van der Waals surface area contributed by atoms with Crippen molar-refractivity contribution in [3.8, 4) is 23.2 Å². The van der Waals surface area contributed by atoms with E-state index < -0.39 is 17.5 Å². The molecule has 8 nitrogen and oxygen atoms in total. The summed E-state index contributed by atoms with van der Waals surface area (Å²) < 4.78 is 38.2. The minimum absolute atomic E-state index is 0.0537. The van der Waals surface area contributed by atoms with Gasteiger partial charge >= 0.3 is 6.01 Å². The van der Waals surface area contributed by atoms with Crippen LogP contribution in [0.1, 0.15) is 43.2 Å². The molecule has 0 spiro atoms. The molecule has 1 aromatic heterocycles. The highest BCUT2D eigenvalue weighted by molar-refractivity contribution is 14.1. The number of anilines is 2. The van der Waals surface area contributed by atoms with Crippen molar-refractivity contribution in [2.45, 2.75) is 62.8 Å². The van der Waals surface area contributed by atoms with Gasteiger partial charge in [0.1, 0.15) is 30.2 Å². The number of aromatic nitrogens is 2. The molecule has 42 heavy (non-hydrogen) atoms. The maximum absolute atomic E-state index is 16.8. The Bertz CT molecular complexity index is 1640. The van der Waals surface area contributed by atoms with Crippen molar-refractivity contribution in [2.75, 3.05) is 43.4 Å². The summed E-state index contributed by atoms with van der Waals surface area (Å²) in [6, 6.07) is 6.22. The van der Waals surface area contributed by atoms with Gasteiger partial charge in [-0.2, -0.15) is 15.2 Å². The quantitative estimate of drug-likeness (QED) is 0.271. The number of rotatable bonds is 5. The first-order chi connectivity index (χ1) is 20.2. The van der Waals surface area contributed by atoms with Gasteiger partial charge in [-0.3, -0.25) is 4.90 Å². The number of nitrogens with one attached hydrogen (secondary N) is 1. The molecule has 7 rings (SSSR count). The van der Waals surface area contributed by atoms with Crippen LogP contribution >= 0.6 is 34.2 Å². The fourth-order valence-corrected chi connectivity index (χ4v) is 8.47. The third-order valence-electron chi connectivity index (χ3n) is 9.43. The van der Waals surface area contributed by atoms with Crippen molar-refractivity contribution >= 4 is 56.6 Å². The molecular formula is C30H31ClF2IN7O. The zero-order valence-corrected chi connectivity index (χ0v) is 26.1. The van der Waals surface area contributed by atoms with Gasteiger partial charge in [-0.1, -0.05) is 11.6 Å². The summed E-state index contributed by atoms with van der Waals surface area (Å²) in [5, 5.41) is 14.2. The standard InChI is InChI=1S/C30H31ClF2IN7O/c1-15-7-22(36)20(10-35)23(26(15)34)24-21(31)8-19-27(25(24)33)38-29(39-28(19)40-12-17-3-4-18(13-40)37-17)42-14-30-5-2-6-41(30)11-16(32)9-30/h7-8,16-18,37H,2-6,9,11-14,36H2,1H3/t16-,17?,18?,30+/m1/s1. The molecule has 0 saturated carbocycles. The third-order valence-corrected chi connectivity index (χ3v) is 11.1. The maximum Gasteiger partial charge on any atom is 0.319 e. The van der Waals surface area contributed by atoms with E-state index in [-0.39, 0.29) is 40.0 Å². The smallest absolute Gasteiger partial charge is 0.319 e. The molecule has 12 heteroatoms. The Hall–Kier alpha value is -2.53. The highest BCUT2D eigenvalue weighted by Gasteiger charge is 2.49. The largest absolute Gasteiger partial charge is 0.461 e. The van der Waals surface area contributed by atoms with E-state index in [2.05, 4.69) is 48.8 Å². The molecule has 0 amide bonds. The van der Waals surface area contributed by atoms with Gasteiger partial charge in [0.15, 0.2) is 5.82 Å². The summed E-state index contributed by atoms with van der Waals surface area (Å²) in [7, 11) is 0. The first-order valence-electron chi connectivity index (χ1n) is 14.4. The highest BCUT2D eigenvalue weighted by Crippen LogP contribution is 2.44. The number of nitrogen functional groups attached to an aromatic ring is 1. The number of benzene rings is 2. The van der Waals surface area contributed by atoms with Gasteiger partial charge in [0, 0.05) is 58.2 Å². The summed E-state index contributed by atoms with van der Waals surface area (Å²) in [5.41, 5.74) is 7.53. The minimum Gasteiger partial charge on any atom is -0.461 e. The summed E-state index contributed by atoms with van der Waals surface area (Å²) in [6.45, 7) is 4.78. The number of fused-ring (bicyclic) bond motifs is 4. The van der Waals surface area contributed by atoms with Gasteiger partial charge in [-0.25, -0.2) is 8.78 Å². The molecule has 4 saturated heterocycles. The fraction of sp³-hybridized carbons (Fsp3) is 0.500. The summed E-state index contributed by atoms with van der Waals surface area (Å²) in [4.78, 5) is 13.8. The predicted octanol–water partition coefficient (Wildman–Crippen LogP) is 5.35. The lowest BCUT2D eigenvalue weighted by atomic mass is 9.95. The lowest BCUT2D eigenvalue weighted by Gasteiger charge is -2.34. The van der Waals surface area contributed by atoms with Crippen molar-refractivity contribution in [2.24, 2.45) is 0 Å². The number of hydrogen-bond acceptors (Lipinski definition) is 8. The molecule has 220 valence electrons. The molecule has 0 aliphatic carbocycles. The second kappa shape index (κ2) is 10.6. The number of nitrogens with two attached hydrogens (primary N) is 1. The molecule has 4 atom stereocenters. The molecule has 4 fully saturated rings. The van der Waals surface area contributed by atoms with E-state index >= 15 is 4.39 Å². The van der Waals surface area contributed by atoms with E-state index in [1.807, 2.05) is 6.92 Å². The Kier molecular flexibility index (Phi) is 7.11. The molecule has 2 unspecified atom stereocenters. The molecular weight excluding hydrogens is 675 g/mol. The average Bonchev–Trinajstić information content (AvgIpc) is 3.60. The van der Waals surface area contributed by atoms with Crippen molar-refractivity contribution in [1.82, 2.24) is 20.2 Å². The lowest BCUT2D eigenvalue weighted by Crippen LogP contribution is -2.51. The highest BCUT2D eigenvalue weighted by atomic mass is 127. The molecule has 2 bridgehead atoms. The van der Waals surface area contributed by atoms with E-state index in [4.69, 9.17) is 27.1 Å². The molecule has 3 N–H and O–H groups in total. The van der Waals surface area contributed by atoms with Crippen molar-refractivity contribution in [3.63, 3.8) is 0 Å². The van der Waals surface area contributed by atoms with Crippen LogP contribution in [-0.2, 0) is 0 Å². The van der Waals surface area contributed by atoms with Gasteiger partial charge < -0.3 is 20.7 Å². The molecule has 0 radical (unpaired) electrons. The third kappa shape index (κ3) is 4.57. The summed E-state index contributed by atoms with van der Waals surface area (Å²) in [5.74, 6) is -0.0934. The van der Waals surface area contributed by atoms with Gasteiger partial charge in [-0.05, 0) is 79.4 Å². The number of nitrogens with zero attached hydrogens (tertiary/aromatic N) is 5. The van der Waals surface area contributed by atoms with E-state index in [0.717, 1.165) is 50.9 Å². The molecule has 3 aromatic rings. The van der Waals surface area contributed by atoms with Gasteiger partial charge in [0.05, 0.1) is 21.8 Å². The number of alkyl halides is 1. The Labute approximate surface area is 261 Å². The van der Waals surface area contributed by atoms with Crippen LogP contribution < -0.4 is 20.7 Å². The van der Waals surface area contributed by atoms with Crippen LogP contribution in [0.4, 0.5) is 20.3 Å². The van der Waals surface area contributed by atoms with Crippen LogP contribution in [0.5, 0.6) is 6.01 Å². The minimum atomic E-state index is -0.890. The fourth-order valence-electron chi connectivity index (χ4n) is 7.49. The topological polar surface area (TPSA) is 103 Å². The van der Waals surface area contributed by atoms with Crippen LogP contribution in [-0.4, -0.2) is 71.4 Å². The van der Waals surface area contributed by atoms with E-state index in [9.17, 15) is 9.65 Å². The lowest BCUT2D eigenvalue weighted by molar-refractivity contribution is 0.107. The van der Waals surface area contributed by atoms with Crippen molar-refractivity contribution < 1.29 is 13.5 Å². The normalized spacial score (nSPS) is 27.0. The number of nitriles is 1. The molecule has 2 aromatic carbocycles. The number of piperazine rings is 1. The van der Waals surface area contributed by atoms with Gasteiger partial charge in [-0.15, -0.1) is 0 Å². The number of aryl methyl sites for hydroxylation is 1. The first kappa shape index (κ1) is 28.3. The summed E-state index contributed by atoms with van der Waals surface area (Å²) in [6.07, 6.45) is 3.48. The maximum atomic E-state index is 16.8. The SMILES string of the molecule is Cc1cc(N)c(C#N)c(-c2c(Cl)cc3c(N4CC5CCC(C4)N5)nc(OC[C@@]45CCCN4C[C@H](F)C5)nc3c2F)c1I. The van der Waals surface area contributed by atoms with Crippen LogP contribution in [0, 0.1) is 27.6 Å². The van der Waals surface area contributed by atoms with Crippen LogP contribution in [0.3, 0.4) is 0 Å². The Morgan fingerprint density at radius 1 is 1.24 bits per heavy atom. The van der Waals surface area contributed by atoms with E-state index in [1.54, 1.807) is 12.1 Å². The average molecular weight is 706 g/mol. The predicted molar refractivity (Wildman–Crippen MR) is 167 cm³/mol. The molecule has 4 aliphatic rings. The van der Waals surface area contributed by atoms with Crippen molar-refractivity contribution in [3.05, 3.63) is 37.7 Å². The first-order valence-corrected chi connectivity index (χ1v) is 15.8. The summed E-state index contributed by atoms with van der Waals surface area (Å²) >= 11 is 8.94. The van der Waals surface area contributed by atoms with Gasteiger partial charge in [0.2, 0.25) is 0 Å².